The lowest BCUT2D eigenvalue weighted by molar-refractivity contribution is 0.439. The molecule has 0 aromatic carbocycles. The molecule has 1 fully saturated rings. The van der Waals surface area contributed by atoms with Crippen molar-refractivity contribution in [2.45, 2.75) is 51.5 Å². The Balaban J connectivity index is 1.94. The van der Waals surface area contributed by atoms with Crippen LogP contribution in [-0.2, 0) is 0 Å². The van der Waals surface area contributed by atoms with E-state index in [1.165, 1.54) is 19.3 Å². The molecule has 1 unspecified atom stereocenters. The molecule has 0 saturated carbocycles. The summed E-state index contributed by atoms with van der Waals surface area (Å²) in [5.74, 6) is 2.39. The van der Waals surface area contributed by atoms with E-state index in [9.17, 15) is 0 Å². The Hall–Kier alpha value is -1.10. The van der Waals surface area contributed by atoms with Crippen molar-refractivity contribution in [3.05, 3.63) is 5.82 Å². The number of hydrogen-bond donors (Lipinski definition) is 2. The summed E-state index contributed by atoms with van der Waals surface area (Å²) in [6.07, 6.45) is 4.69. The minimum absolute atomic E-state index is 0.478. The van der Waals surface area contributed by atoms with Gasteiger partial charge in [0.1, 0.15) is 5.82 Å². The van der Waals surface area contributed by atoms with Gasteiger partial charge < -0.3 is 10.2 Å². The summed E-state index contributed by atoms with van der Waals surface area (Å²) >= 11 is 0. The molecule has 0 spiro atoms. The molecule has 0 bridgehead atoms. The van der Waals surface area contributed by atoms with Crippen molar-refractivity contribution in [1.29, 1.82) is 0 Å². The number of anilines is 1. The van der Waals surface area contributed by atoms with E-state index in [4.69, 9.17) is 0 Å². The maximum absolute atomic E-state index is 4.64. The highest BCUT2D eigenvalue weighted by Crippen LogP contribution is 2.20. The molecule has 1 aliphatic rings. The van der Waals surface area contributed by atoms with Crippen molar-refractivity contribution in [2.75, 3.05) is 25.0 Å². The molecule has 0 radical (unpaired) electrons. The van der Waals surface area contributed by atoms with E-state index in [1.807, 2.05) is 7.05 Å². The first-order valence-corrected chi connectivity index (χ1v) is 7.09. The van der Waals surface area contributed by atoms with Gasteiger partial charge >= 0.3 is 0 Å². The zero-order valence-corrected chi connectivity index (χ0v) is 11.7. The van der Waals surface area contributed by atoms with Crippen molar-refractivity contribution in [2.24, 2.45) is 0 Å². The molecule has 5 nitrogen and oxygen atoms in total. The van der Waals surface area contributed by atoms with Crippen LogP contribution < -0.4 is 10.2 Å². The molecule has 1 aromatic heterocycles. The number of H-pyrrole nitrogens is 1. The Morgan fingerprint density at radius 1 is 1.44 bits per heavy atom. The Morgan fingerprint density at radius 3 is 2.78 bits per heavy atom. The van der Waals surface area contributed by atoms with E-state index in [2.05, 4.69) is 39.2 Å². The summed E-state index contributed by atoms with van der Waals surface area (Å²) in [6.45, 7) is 6.51. The van der Waals surface area contributed by atoms with Gasteiger partial charge in [0.05, 0.1) is 0 Å². The summed E-state index contributed by atoms with van der Waals surface area (Å²) in [6, 6.07) is 0.652. The van der Waals surface area contributed by atoms with Crippen LogP contribution in [0.15, 0.2) is 0 Å². The van der Waals surface area contributed by atoms with Crippen LogP contribution in [0.25, 0.3) is 0 Å². The van der Waals surface area contributed by atoms with Gasteiger partial charge in [0.2, 0.25) is 5.95 Å². The van der Waals surface area contributed by atoms with Crippen LogP contribution >= 0.6 is 0 Å². The lowest BCUT2D eigenvalue weighted by Gasteiger charge is -2.30. The summed E-state index contributed by atoms with van der Waals surface area (Å²) in [7, 11) is 2.04. The molecule has 2 rings (SSSR count). The quantitative estimate of drug-likeness (QED) is 0.839. The normalized spacial score (nSPS) is 19.2. The second-order valence-corrected chi connectivity index (χ2v) is 5.26. The highest BCUT2D eigenvalue weighted by Gasteiger charge is 2.21. The van der Waals surface area contributed by atoms with Crippen LogP contribution in [0.5, 0.6) is 0 Å². The minimum atomic E-state index is 0.478. The molecular weight excluding hydrogens is 226 g/mol. The zero-order valence-electron chi connectivity index (χ0n) is 11.7. The highest BCUT2D eigenvalue weighted by molar-refractivity contribution is 5.30. The maximum atomic E-state index is 4.64. The second kappa shape index (κ2) is 6.18. The summed E-state index contributed by atoms with van der Waals surface area (Å²) < 4.78 is 0. The van der Waals surface area contributed by atoms with E-state index in [0.29, 0.717) is 12.0 Å². The van der Waals surface area contributed by atoms with Crippen LogP contribution in [-0.4, -0.2) is 41.4 Å². The molecule has 1 aromatic rings. The summed E-state index contributed by atoms with van der Waals surface area (Å²) in [4.78, 5) is 6.93. The Morgan fingerprint density at radius 2 is 2.17 bits per heavy atom. The van der Waals surface area contributed by atoms with Gasteiger partial charge in [0, 0.05) is 25.0 Å². The van der Waals surface area contributed by atoms with Gasteiger partial charge in [-0.3, -0.25) is 5.10 Å². The van der Waals surface area contributed by atoms with Crippen molar-refractivity contribution in [3.63, 3.8) is 0 Å². The van der Waals surface area contributed by atoms with Crippen LogP contribution in [0, 0.1) is 0 Å². The van der Waals surface area contributed by atoms with E-state index >= 15 is 0 Å². The monoisotopic (exact) mass is 251 g/mol. The average Bonchev–Trinajstić information content (AvgIpc) is 2.89. The molecule has 1 saturated heterocycles. The first kappa shape index (κ1) is 13.3. The average molecular weight is 251 g/mol. The van der Waals surface area contributed by atoms with Crippen LogP contribution in [0.2, 0.25) is 0 Å². The van der Waals surface area contributed by atoms with Crippen molar-refractivity contribution in [1.82, 2.24) is 20.5 Å². The highest BCUT2D eigenvalue weighted by atomic mass is 15.4. The third kappa shape index (κ3) is 3.02. The first-order valence-electron chi connectivity index (χ1n) is 7.09. The molecule has 2 heterocycles. The van der Waals surface area contributed by atoms with E-state index < -0.39 is 0 Å². The van der Waals surface area contributed by atoms with Crippen LogP contribution in [0.1, 0.15) is 51.3 Å². The lowest BCUT2D eigenvalue weighted by Crippen LogP contribution is -2.41. The largest absolute Gasteiger partial charge is 0.339 e. The molecule has 0 aliphatic carbocycles. The van der Waals surface area contributed by atoms with Gasteiger partial charge in [-0.15, -0.1) is 5.10 Å². The topological polar surface area (TPSA) is 56.8 Å². The number of hydrogen-bond acceptors (Lipinski definition) is 4. The number of nitrogens with zero attached hydrogens (tertiary/aromatic N) is 3. The third-order valence-corrected chi connectivity index (χ3v) is 3.87. The predicted octanol–water partition coefficient (Wildman–Crippen LogP) is 1.90. The number of aromatic amines is 1. The molecular formula is C13H25N5. The predicted molar refractivity (Wildman–Crippen MR) is 74.0 cm³/mol. The molecule has 0 amide bonds. The maximum Gasteiger partial charge on any atom is 0.244 e. The van der Waals surface area contributed by atoms with Gasteiger partial charge in [0.25, 0.3) is 0 Å². The van der Waals surface area contributed by atoms with Crippen molar-refractivity contribution < 1.29 is 0 Å². The van der Waals surface area contributed by atoms with Gasteiger partial charge in [0.15, 0.2) is 0 Å². The van der Waals surface area contributed by atoms with Gasteiger partial charge in [-0.05, 0) is 26.3 Å². The second-order valence-electron chi connectivity index (χ2n) is 5.26. The Kier molecular flexibility index (Phi) is 4.58. The van der Waals surface area contributed by atoms with Crippen molar-refractivity contribution >= 4 is 5.95 Å². The molecule has 18 heavy (non-hydrogen) atoms. The molecule has 2 N–H and O–H groups in total. The van der Waals surface area contributed by atoms with Crippen LogP contribution in [0.4, 0.5) is 5.95 Å². The van der Waals surface area contributed by atoms with Gasteiger partial charge in [-0.25, -0.2) is 0 Å². The third-order valence-electron chi connectivity index (χ3n) is 3.87. The molecule has 102 valence electrons. The number of aromatic nitrogens is 3. The van der Waals surface area contributed by atoms with Gasteiger partial charge in [-0.1, -0.05) is 20.3 Å². The SMILES string of the molecule is CCCC(C)c1nc(N2CCC(NC)CC2)n[nH]1. The van der Waals surface area contributed by atoms with E-state index in [-0.39, 0.29) is 0 Å². The Bertz CT molecular complexity index is 354. The van der Waals surface area contributed by atoms with Crippen LogP contribution in [0.3, 0.4) is 0 Å². The molecule has 1 atom stereocenters. The fourth-order valence-electron chi connectivity index (χ4n) is 2.56. The number of rotatable bonds is 5. The molecule has 5 heteroatoms. The minimum Gasteiger partial charge on any atom is -0.339 e. The van der Waals surface area contributed by atoms with Crippen molar-refractivity contribution in [3.8, 4) is 0 Å². The lowest BCUT2D eigenvalue weighted by atomic mass is 10.1. The van der Waals surface area contributed by atoms with E-state index in [1.54, 1.807) is 0 Å². The standard InChI is InChI=1S/C13H25N5/c1-4-5-10(2)12-15-13(17-16-12)18-8-6-11(14-3)7-9-18/h10-11,14H,4-9H2,1-3H3,(H,15,16,17). The first-order chi connectivity index (χ1) is 8.74. The Labute approximate surface area is 109 Å². The van der Waals surface area contributed by atoms with Gasteiger partial charge in [-0.2, -0.15) is 4.98 Å². The number of nitrogens with one attached hydrogen (secondary N) is 2. The smallest absolute Gasteiger partial charge is 0.244 e. The fraction of sp³-hybridized carbons (Fsp3) is 0.846. The zero-order chi connectivity index (χ0) is 13.0. The summed E-state index contributed by atoms with van der Waals surface area (Å²) in [5.41, 5.74) is 0. The van der Waals surface area contributed by atoms with E-state index in [0.717, 1.165) is 31.3 Å². The molecule has 1 aliphatic heterocycles. The summed E-state index contributed by atoms with van der Waals surface area (Å²) in [5, 5.41) is 10.8. The number of piperidine rings is 1. The fourth-order valence-corrected chi connectivity index (χ4v) is 2.56.